The third kappa shape index (κ3) is 3.35. The van der Waals surface area contributed by atoms with E-state index in [9.17, 15) is 10.5 Å². The molecule has 3 aromatic rings. The number of aliphatic imine (C=N–C) groups is 1. The Bertz CT molecular complexity index is 1210. The summed E-state index contributed by atoms with van der Waals surface area (Å²) in [7, 11) is 0. The quantitative estimate of drug-likeness (QED) is 0.707. The standard InChI is InChI=1S/C22H19N7/c1-13-18(9-23)21(19(10-24)14(2)27-13)16-5-6-20-17(8-16)22(29-28-20)26-12-15-4-3-7-25-11-15/h3-8,11,18,21H,12H2,1-2H3,(H2,26,28,29). The van der Waals surface area contributed by atoms with Crippen LogP contribution < -0.4 is 5.32 Å². The number of allylic oxidation sites excluding steroid dienone is 2. The Morgan fingerprint density at radius 3 is 2.79 bits per heavy atom. The number of aromatic amines is 1. The molecule has 0 saturated carbocycles. The number of fused-ring (bicyclic) bond motifs is 1. The highest BCUT2D eigenvalue weighted by Crippen LogP contribution is 2.39. The molecule has 2 atom stereocenters. The van der Waals surface area contributed by atoms with Crippen LogP contribution in [0.25, 0.3) is 10.9 Å². The smallest absolute Gasteiger partial charge is 0.156 e. The van der Waals surface area contributed by atoms with Gasteiger partial charge in [0.1, 0.15) is 0 Å². The fourth-order valence-corrected chi connectivity index (χ4v) is 3.75. The number of nitrogens with one attached hydrogen (secondary N) is 2. The first-order valence-electron chi connectivity index (χ1n) is 9.29. The van der Waals surface area contributed by atoms with Crippen molar-refractivity contribution in [3.8, 4) is 12.1 Å². The Morgan fingerprint density at radius 1 is 1.21 bits per heavy atom. The molecule has 3 heterocycles. The van der Waals surface area contributed by atoms with Gasteiger partial charge in [-0.15, -0.1) is 0 Å². The van der Waals surface area contributed by atoms with Crippen LogP contribution in [0.5, 0.6) is 0 Å². The first-order valence-corrected chi connectivity index (χ1v) is 9.29. The average molecular weight is 381 g/mol. The van der Waals surface area contributed by atoms with Crippen LogP contribution in [-0.2, 0) is 6.54 Å². The lowest BCUT2D eigenvalue weighted by Gasteiger charge is -2.26. The molecule has 1 aliphatic rings. The molecule has 1 aromatic carbocycles. The van der Waals surface area contributed by atoms with Crippen molar-refractivity contribution in [1.82, 2.24) is 15.2 Å². The lowest BCUT2D eigenvalue weighted by atomic mass is 9.76. The van der Waals surface area contributed by atoms with Gasteiger partial charge in [-0.3, -0.25) is 15.1 Å². The summed E-state index contributed by atoms with van der Waals surface area (Å²) in [5.74, 6) is -0.0860. The fourth-order valence-electron chi connectivity index (χ4n) is 3.75. The first kappa shape index (κ1) is 18.4. The summed E-state index contributed by atoms with van der Waals surface area (Å²) in [4.78, 5) is 8.54. The van der Waals surface area contributed by atoms with Crippen molar-refractivity contribution in [1.29, 1.82) is 10.5 Å². The predicted octanol–water partition coefficient (Wildman–Crippen LogP) is 4.07. The molecule has 4 rings (SSSR count). The van der Waals surface area contributed by atoms with E-state index in [1.807, 2.05) is 50.4 Å². The van der Waals surface area contributed by atoms with Crippen LogP contribution in [0.1, 0.15) is 30.9 Å². The zero-order valence-electron chi connectivity index (χ0n) is 16.1. The van der Waals surface area contributed by atoms with Crippen molar-refractivity contribution < 1.29 is 0 Å². The molecule has 0 aliphatic carbocycles. The molecule has 0 fully saturated rings. The van der Waals surface area contributed by atoms with Crippen molar-refractivity contribution in [2.24, 2.45) is 10.9 Å². The molecule has 0 saturated heterocycles. The average Bonchev–Trinajstić information content (AvgIpc) is 3.14. The number of nitrogens with zero attached hydrogens (tertiary/aromatic N) is 5. The van der Waals surface area contributed by atoms with Crippen LogP contribution in [-0.4, -0.2) is 20.9 Å². The van der Waals surface area contributed by atoms with Gasteiger partial charge in [-0.05, 0) is 43.2 Å². The Balaban J connectivity index is 1.72. The highest BCUT2D eigenvalue weighted by atomic mass is 15.2. The molecule has 2 N–H and O–H groups in total. The summed E-state index contributed by atoms with van der Waals surface area (Å²) in [5, 5.41) is 31.1. The van der Waals surface area contributed by atoms with E-state index in [2.05, 4.69) is 37.6 Å². The van der Waals surface area contributed by atoms with E-state index >= 15 is 0 Å². The molecule has 0 bridgehead atoms. The summed E-state index contributed by atoms with van der Waals surface area (Å²) >= 11 is 0. The third-order valence-corrected chi connectivity index (χ3v) is 5.22. The van der Waals surface area contributed by atoms with Gasteiger partial charge in [0.25, 0.3) is 0 Å². The van der Waals surface area contributed by atoms with Crippen molar-refractivity contribution in [3.63, 3.8) is 0 Å². The lowest BCUT2D eigenvalue weighted by molar-refractivity contribution is 0.704. The normalized spacial score (nSPS) is 18.8. The Labute approximate surface area is 168 Å². The Kier molecular flexibility index (Phi) is 4.80. The maximum Gasteiger partial charge on any atom is 0.156 e. The predicted molar refractivity (Wildman–Crippen MR) is 111 cm³/mol. The third-order valence-electron chi connectivity index (χ3n) is 5.22. The fraction of sp³-hybridized carbons (Fsp3) is 0.227. The molecule has 0 amide bonds. The second kappa shape index (κ2) is 7.57. The van der Waals surface area contributed by atoms with Crippen LogP contribution in [0.2, 0.25) is 0 Å². The van der Waals surface area contributed by atoms with Gasteiger partial charge in [0.05, 0.1) is 34.8 Å². The number of hydrogen-bond acceptors (Lipinski definition) is 6. The number of benzene rings is 1. The zero-order valence-corrected chi connectivity index (χ0v) is 16.1. The van der Waals surface area contributed by atoms with E-state index in [-0.39, 0.29) is 5.92 Å². The number of H-pyrrole nitrogens is 1. The van der Waals surface area contributed by atoms with E-state index in [4.69, 9.17) is 0 Å². The van der Waals surface area contributed by atoms with Crippen LogP contribution in [0.15, 0.2) is 59.0 Å². The molecule has 1 aliphatic heterocycles. The minimum Gasteiger partial charge on any atom is -0.364 e. The van der Waals surface area contributed by atoms with Crippen molar-refractivity contribution in [3.05, 3.63) is 65.1 Å². The summed E-state index contributed by atoms with van der Waals surface area (Å²) in [6, 6.07) is 14.4. The number of anilines is 1. The van der Waals surface area contributed by atoms with E-state index < -0.39 is 5.92 Å². The topological polar surface area (TPSA) is 114 Å². The molecule has 0 spiro atoms. The Morgan fingerprint density at radius 2 is 2.07 bits per heavy atom. The first-order chi connectivity index (χ1) is 14.1. The summed E-state index contributed by atoms with van der Waals surface area (Å²) in [5.41, 5.74) is 4.78. The monoisotopic (exact) mass is 381 g/mol. The van der Waals surface area contributed by atoms with Crippen LogP contribution in [0, 0.1) is 28.6 Å². The van der Waals surface area contributed by atoms with Crippen LogP contribution in [0.4, 0.5) is 5.82 Å². The van der Waals surface area contributed by atoms with Crippen LogP contribution in [0.3, 0.4) is 0 Å². The van der Waals surface area contributed by atoms with Crippen molar-refractivity contribution in [2.75, 3.05) is 5.32 Å². The largest absolute Gasteiger partial charge is 0.364 e. The Hall–Kier alpha value is -3.97. The van der Waals surface area contributed by atoms with E-state index in [1.165, 1.54) is 0 Å². The minimum atomic E-state index is -0.468. The van der Waals surface area contributed by atoms with Gasteiger partial charge in [-0.25, -0.2) is 0 Å². The maximum absolute atomic E-state index is 9.73. The SMILES string of the molecule is CC1=NC(C)=C(C#N)C(c2ccc3[nH]nc(NCc4cccnc4)c3c2)C1C#N. The van der Waals surface area contributed by atoms with Gasteiger partial charge in [0.15, 0.2) is 5.82 Å². The van der Waals surface area contributed by atoms with Crippen molar-refractivity contribution in [2.45, 2.75) is 26.3 Å². The molecule has 2 aromatic heterocycles. The molecular weight excluding hydrogens is 362 g/mol. The maximum atomic E-state index is 9.73. The molecule has 7 heteroatoms. The van der Waals surface area contributed by atoms with Gasteiger partial charge in [-0.1, -0.05) is 12.1 Å². The number of rotatable bonds is 4. The molecule has 142 valence electrons. The summed E-state index contributed by atoms with van der Waals surface area (Å²) < 4.78 is 0. The molecule has 0 radical (unpaired) electrons. The lowest BCUT2D eigenvalue weighted by Crippen LogP contribution is -2.24. The van der Waals surface area contributed by atoms with Gasteiger partial charge in [-0.2, -0.15) is 15.6 Å². The van der Waals surface area contributed by atoms with E-state index in [0.29, 0.717) is 17.8 Å². The molecule has 29 heavy (non-hydrogen) atoms. The highest BCUT2D eigenvalue weighted by Gasteiger charge is 2.34. The second-order valence-electron chi connectivity index (χ2n) is 7.04. The van der Waals surface area contributed by atoms with Crippen LogP contribution >= 0.6 is 0 Å². The minimum absolute atomic E-state index is 0.340. The van der Waals surface area contributed by atoms with Gasteiger partial charge < -0.3 is 5.32 Å². The van der Waals surface area contributed by atoms with E-state index in [0.717, 1.165) is 33.6 Å². The molecule has 7 nitrogen and oxygen atoms in total. The molecular formula is C22H19N7. The number of nitriles is 2. The highest BCUT2D eigenvalue weighted by molar-refractivity contribution is 5.93. The number of aromatic nitrogens is 3. The summed E-state index contributed by atoms with van der Waals surface area (Å²) in [6.45, 7) is 4.26. The number of pyridine rings is 1. The van der Waals surface area contributed by atoms with Crippen molar-refractivity contribution >= 4 is 22.4 Å². The molecule has 2 unspecified atom stereocenters. The van der Waals surface area contributed by atoms with Gasteiger partial charge in [0.2, 0.25) is 0 Å². The zero-order chi connectivity index (χ0) is 20.4. The second-order valence-corrected chi connectivity index (χ2v) is 7.04. The van der Waals surface area contributed by atoms with Gasteiger partial charge >= 0.3 is 0 Å². The number of hydrogen-bond donors (Lipinski definition) is 2. The summed E-state index contributed by atoms with van der Waals surface area (Å²) in [6.07, 6.45) is 3.55. The van der Waals surface area contributed by atoms with E-state index in [1.54, 1.807) is 6.20 Å². The van der Waals surface area contributed by atoms with Gasteiger partial charge in [0, 0.05) is 36.0 Å².